The van der Waals surface area contributed by atoms with Crippen LogP contribution >= 0.6 is 11.5 Å². The normalized spacial score (nSPS) is 22.6. The molecule has 22 heavy (non-hydrogen) atoms. The zero-order valence-corrected chi connectivity index (χ0v) is 14.5. The fourth-order valence-electron chi connectivity index (χ4n) is 2.51. The molecular formula is C15H24N2O4S. The number of aliphatic hydroxyl groups is 1. The summed E-state index contributed by atoms with van der Waals surface area (Å²) in [5.74, 6) is 0. The van der Waals surface area contributed by atoms with Gasteiger partial charge in [0.15, 0.2) is 0 Å². The molecule has 1 aromatic heterocycles. The molecule has 0 unspecified atom stereocenters. The molecule has 2 atom stereocenters. The Hall–Kier alpha value is -1.18. The van der Waals surface area contributed by atoms with Gasteiger partial charge in [-0.2, -0.15) is 0 Å². The summed E-state index contributed by atoms with van der Waals surface area (Å²) in [6.07, 6.45) is 0.964. The highest BCUT2D eigenvalue weighted by molar-refractivity contribution is 7.05. The van der Waals surface area contributed by atoms with Crippen LogP contribution in [0.1, 0.15) is 52.0 Å². The highest BCUT2D eigenvalue weighted by Gasteiger charge is 2.46. The van der Waals surface area contributed by atoms with Gasteiger partial charge in [-0.1, -0.05) is 0 Å². The maximum absolute atomic E-state index is 12.5. The topological polar surface area (TPSA) is 71.9 Å². The van der Waals surface area contributed by atoms with E-state index >= 15 is 0 Å². The minimum atomic E-state index is -0.750. The van der Waals surface area contributed by atoms with E-state index in [2.05, 4.69) is 4.37 Å². The molecule has 0 spiro atoms. The van der Waals surface area contributed by atoms with E-state index in [1.807, 2.05) is 34.6 Å². The third-order valence-electron chi connectivity index (χ3n) is 3.45. The number of carbonyl (C=O) groups is 1. The number of aliphatic hydroxyl groups excluding tert-OH is 1. The third-order valence-corrected chi connectivity index (χ3v) is 4.29. The van der Waals surface area contributed by atoms with E-state index in [0.29, 0.717) is 13.0 Å². The molecule has 0 bridgehead atoms. The molecule has 0 radical (unpaired) electrons. The monoisotopic (exact) mass is 328 g/mol. The van der Waals surface area contributed by atoms with E-state index in [9.17, 15) is 9.90 Å². The van der Waals surface area contributed by atoms with Crippen molar-refractivity contribution in [2.75, 3.05) is 6.61 Å². The zero-order valence-electron chi connectivity index (χ0n) is 13.7. The molecule has 1 N–H and O–H groups in total. The lowest BCUT2D eigenvalue weighted by Gasteiger charge is -2.35. The quantitative estimate of drug-likeness (QED) is 0.923. The Morgan fingerprint density at radius 1 is 1.64 bits per heavy atom. The van der Waals surface area contributed by atoms with Gasteiger partial charge in [0.1, 0.15) is 11.3 Å². The Bertz CT molecular complexity index is 510. The fraction of sp³-hybridized carbons (Fsp3) is 0.733. The van der Waals surface area contributed by atoms with E-state index in [1.165, 1.54) is 11.5 Å². The first-order valence-electron chi connectivity index (χ1n) is 7.35. The average Bonchev–Trinajstić information content (AvgIpc) is 2.94. The Morgan fingerprint density at radius 2 is 2.32 bits per heavy atom. The van der Waals surface area contributed by atoms with Crippen LogP contribution in [0.25, 0.3) is 0 Å². The van der Waals surface area contributed by atoms with Crippen molar-refractivity contribution in [3.05, 3.63) is 17.1 Å². The van der Waals surface area contributed by atoms with E-state index in [1.54, 1.807) is 17.2 Å². The minimum absolute atomic E-state index is 0.234. The lowest BCUT2D eigenvalue weighted by atomic mass is 10.1. The fourth-order valence-corrected chi connectivity index (χ4v) is 3.09. The molecular weight excluding hydrogens is 304 g/mol. The molecule has 2 heterocycles. The molecule has 7 heteroatoms. The standard InChI is InChI=1S/C15H24N2O4S/c1-14(2,3)21-13(19)17-10(9-20-15(17,4)5)8-11(18)12-6-7-16-22-12/h6-7,10-11,18H,8-9H2,1-5H3/t10-,11+/m0/s1. The van der Waals surface area contributed by atoms with E-state index < -0.39 is 23.5 Å². The first-order valence-corrected chi connectivity index (χ1v) is 8.12. The second kappa shape index (κ2) is 6.14. The van der Waals surface area contributed by atoms with Crippen molar-refractivity contribution in [3.8, 4) is 0 Å². The number of ether oxygens (including phenoxy) is 2. The predicted octanol–water partition coefficient (Wildman–Crippen LogP) is 2.94. The van der Waals surface area contributed by atoms with Crippen LogP contribution in [0.3, 0.4) is 0 Å². The molecule has 1 aliphatic heterocycles. The van der Waals surface area contributed by atoms with Crippen molar-refractivity contribution < 1.29 is 19.4 Å². The first-order chi connectivity index (χ1) is 10.1. The van der Waals surface area contributed by atoms with Gasteiger partial charge in [0, 0.05) is 12.6 Å². The number of nitrogens with zero attached hydrogens (tertiary/aromatic N) is 2. The Labute approximate surface area is 135 Å². The summed E-state index contributed by atoms with van der Waals surface area (Å²) in [7, 11) is 0. The number of aromatic nitrogens is 1. The summed E-state index contributed by atoms with van der Waals surface area (Å²) in [6, 6.07) is 1.55. The highest BCUT2D eigenvalue weighted by atomic mass is 32.1. The summed E-state index contributed by atoms with van der Waals surface area (Å²) in [6.45, 7) is 9.52. The summed E-state index contributed by atoms with van der Waals surface area (Å²) >= 11 is 1.26. The smallest absolute Gasteiger partial charge is 0.412 e. The largest absolute Gasteiger partial charge is 0.444 e. The molecule has 6 nitrogen and oxygen atoms in total. The average molecular weight is 328 g/mol. The lowest BCUT2D eigenvalue weighted by molar-refractivity contribution is -0.0637. The Balaban J connectivity index is 2.11. The molecule has 1 amide bonds. The van der Waals surface area contributed by atoms with Crippen LogP contribution in [0.2, 0.25) is 0 Å². The van der Waals surface area contributed by atoms with E-state index in [0.717, 1.165) is 4.88 Å². The van der Waals surface area contributed by atoms with Crippen LogP contribution in [-0.2, 0) is 9.47 Å². The van der Waals surface area contributed by atoms with Crippen LogP contribution in [0.4, 0.5) is 4.79 Å². The van der Waals surface area contributed by atoms with Crippen LogP contribution in [0.15, 0.2) is 12.3 Å². The molecule has 0 aliphatic carbocycles. The molecule has 2 rings (SSSR count). The molecule has 1 aliphatic rings. The van der Waals surface area contributed by atoms with E-state index in [4.69, 9.17) is 9.47 Å². The van der Waals surface area contributed by atoms with Gasteiger partial charge in [0.2, 0.25) is 0 Å². The van der Waals surface area contributed by atoms with Crippen molar-refractivity contribution >= 4 is 17.6 Å². The summed E-state index contributed by atoms with van der Waals surface area (Å²) in [4.78, 5) is 14.9. The zero-order chi connectivity index (χ0) is 16.5. The first kappa shape index (κ1) is 17.2. The van der Waals surface area contributed by atoms with Crippen molar-refractivity contribution in [2.24, 2.45) is 0 Å². The molecule has 1 fully saturated rings. The Morgan fingerprint density at radius 3 is 2.86 bits per heavy atom. The molecule has 124 valence electrons. The molecule has 0 aromatic carbocycles. The lowest BCUT2D eigenvalue weighted by Crippen LogP contribution is -2.50. The number of amides is 1. The molecule has 0 saturated carbocycles. The summed E-state index contributed by atoms with van der Waals surface area (Å²) < 4.78 is 15.2. The van der Waals surface area contributed by atoms with Gasteiger partial charge in [-0.3, -0.25) is 4.90 Å². The number of hydrogen-bond acceptors (Lipinski definition) is 6. The van der Waals surface area contributed by atoms with Crippen molar-refractivity contribution in [2.45, 2.75) is 64.5 Å². The minimum Gasteiger partial charge on any atom is -0.444 e. The van der Waals surface area contributed by atoms with Gasteiger partial charge in [-0.15, -0.1) is 0 Å². The van der Waals surface area contributed by atoms with Gasteiger partial charge < -0.3 is 14.6 Å². The maximum atomic E-state index is 12.5. The van der Waals surface area contributed by atoms with Gasteiger partial charge in [0.25, 0.3) is 0 Å². The predicted molar refractivity (Wildman–Crippen MR) is 83.6 cm³/mol. The Kier molecular flexibility index (Phi) is 4.79. The molecule has 1 aromatic rings. The van der Waals surface area contributed by atoms with Crippen LogP contribution in [0, 0.1) is 0 Å². The maximum Gasteiger partial charge on any atom is 0.412 e. The van der Waals surface area contributed by atoms with Gasteiger partial charge in [-0.05, 0) is 52.2 Å². The summed E-state index contributed by atoms with van der Waals surface area (Å²) in [5.41, 5.74) is -1.32. The SMILES string of the molecule is CC(C)(C)OC(=O)N1[C@@H](C[C@@H](O)c2ccns2)COC1(C)C. The third kappa shape index (κ3) is 3.97. The number of hydrogen-bond donors (Lipinski definition) is 1. The van der Waals surface area contributed by atoms with Crippen molar-refractivity contribution in [1.82, 2.24) is 9.27 Å². The summed E-state index contributed by atoms with van der Waals surface area (Å²) in [5, 5.41) is 10.3. The number of rotatable bonds is 3. The van der Waals surface area contributed by atoms with Crippen molar-refractivity contribution in [1.29, 1.82) is 0 Å². The van der Waals surface area contributed by atoms with Crippen LogP contribution < -0.4 is 0 Å². The van der Waals surface area contributed by atoms with Gasteiger partial charge >= 0.3 is 6.09 Å². The number of carbonyl (C=O) groups excluding carboxylic acids is 1. The van der Waals surface area contributed by atoms with Crippen molar-refractivity contribution in [3.63, 3.8) is 0 Å². The second-order valence-electron chi connectivity index (χ2n) is 6.93. The van der Waals surface area contributed by atoms with E-state index in [-0.39, 0.29) is 6.04 Å². The second-order valence-corrected chi connectivity index (χ2v) is 7.79. The van der Waals surface area contributed by atoms with Gasteiger partial charge in [0.05, 0.1) is 23.6 Å². The highest BCUT2D eigenvalue weighted by Crippen LogP contribution is 2.34. The van der Waals surface area contributed by atoms with Crippen LogP contribution in [-0.4, -0.2) is 44.4 Å². The van der Waals surface area contributed by atoms with Gasteiger partial charge in [-0.25, -0.2) is 9.17 Å². The molecule has 1 saturated heterocycles. The van der Waals surface area contributed by atoms with Crippen LogP contribution in [0.5, 0.6) is 0 Å².